The maximum Gasteiger partial charge on any atom is 0.0703 e. The number of aromatic nitrogens is 2. The number of likely N-dealkylation sites (tertiary alicyclic amines) is 1. The van der Waals surface area contributed by atoms with Gasteiger partial charge < -0.3 is 5.32 Å². The van der Waals surface area contributed by atoms with Crippen molar-refractivity contribution >= 4 is 23.7 Å². The molecule has 2 N–H and O–H groups in total. The van der Waals surface area contributed by atoms with Crippen LogP contribution in [0.15, 0.2) is 23.0 Å². The number of halogens is 1. The molecule has 2 aromatic heterocycles. The van der Waals surface area contributed by atoms with Crippen molar-refractivity contribution in [2.75, 3.05) is 26.2 Å². The largest absolute Gasteiger partial charge is 0.316 e. The summed E-state index contributed by atoms with van der Waals surface area (Å²) in [4.78, 5) is 2.59. The van der Waals surface area contributed by atoms with E-state index in [2.05, 4.69) is 37.2 Å². The first-order valence-electron chi connectivity index (χ1n) is 7.33. The van der Waals surface area contributed by atoms with Gasteiger partial charge in [-0.05, 0) is 42.8 Å². The SMILES string of the molecule is Cl.c1cc(-c2[nH]ncc2CN2CCC3(CCNC3)C2)cs1. The van der Waals surface area contributed by atoms with E-state index in [0.717, 1.165) is 6.54 Å². The van der Waals surface area contributed by atoms with Crippen LogP contribution in [-0.2, 0) is 6.54 Å². The molecule has 4 rings (SSSR count). The first-order valence-corrected chi connectivity index (χ1v) is 8.27. The Kier molecular flexibility index (Phi) is 4.36. The van der Waals surface area contributed by atoms with Crippen LogP contribution in [0.5, 0.6) is 0 Å². The average Bonchev–Trinajstić information content (AvgIpc) is 3.21. The van der Waals surface area contributed by atoms with E-state index in [1.165, 1.54) is 55.8 Å². The molecule has 0 saturated carbocycles. The number of nitrogens with one attached hydrogen (secondary N) is 2. The van der Waals surface area contributed by atoms with Crippen molar-refractivity contribution in [3.8, 4) is 11.3 Å². The van der Waals surface area contributed by atoms with Gasteiger partial charge in [-0.1, -0.05) is 0 Å². The third kappa shape index (κ3) is 2.88. The maximum atomic E-state index is 4.25. The van der Waals surface area contributed by atoms with Crippen molar-refractivity contribution in [1.29, 1.82) is 0 Å². The van der Waals surface area contributed by atoms with E-state index in [1.807, 2.05) is 6.20 Å². The molecular weight excluding hydrogens is 304 g/mol. The number of rotatable bonds is 3. The second-order valence-electron chi connectivity index (χ2n) is 6.17. The monoisotopic (exact) mass is 324 g/mol. The summed E-state index contributed by atoms with van der Waals surface area (Å²) in [6, 6.07) is 2.16. The normalized spacial score (nSPS) is 25.5. The molecule has 0 aromatic carbocycles. The molecule has 2 aromatic rings. The van der Waals surface area contributed by atoms with Crippen LogP contribution in [0.1, 0.15) is 18.4 Å². The number of hydrogen-bond donors (Lipinski definition) is 2. The summed E-state index contributed by atoms with van der Waals surface area (Å²) >= 11 is 1.73. The third-order valence-electron chi connectivity index (χ3n) is 4.77. The molecule has 1 unspecified atom stereocenters. The molecule has 1 spiro atoms. The van der Waals surface area contributed by atoms with Crippen LogP contribution < -0.4 is 5.32 Å². The van der Waals surface area contributed by atoms with Crippen LogP contribution in [0.2, 0.25) is 0 Å². The molecule has 21 heavy (non-hydrogen) atoms. The minimum atomic E-state index is 0. The number of nitrogens with zero attached hydrogens (tertiary/aromatic N) is 2. The summed E-state index contributed by atoms with van der Waals surface area (Å²) < 4.78 is 0. The van der Waals surface area contributed by atoms with Gasteiger partial charge in [-0.15, -0.1) is 12.4 Å². The van der Waals surface area contributed by atoms with Crippen molar-refractivity contribution < 1.29 is 0 Å². The van der Waals surface area contributed by atoms with Crippen LogP contribution >= 0.6 is 23.7 Å². The highest BCUT2D eigenvalue weighted by Gasteiger charge is 2.40. The summed E-state index contributed by atoms with van der Waals surface area (Å²) in [7, 11) is 0. The highest BCUT2D eigenvalue weighted by molar-refractivity contribution is 7.08. The Balaban J connectivity index is 0.00000132. The molecule has 0 amide bonds. The molecule has 0 aliphatic carbocycles. The van der Waals surface area contributed by atoms with E-state index >= 15 is 0 Å². The Morgan fingerprint density at radius 2 is 2.33 bits per heavy atom. The lowest BCUT2D eigenvalue weighted by atomic mass is 9.86. The zero-order valence-corrected chi connectivity index (χ0v) is 13.6. The van der Waals surface area contributed by atoms with Crippen molar-refractivity contribution in [1.82, 2.24) is 20.4 Å². The molecule has 6 heteroatoms. The van der Waals surface area contributed by atoms with Crippen molar-refractivity contribution in [3.05, 3.63) is 28.6 Å². The van der Waals surface area contributed by atoms with Crippen LogP contribution in [0.25, 0.3) is 11.3 Å². The molecule has 2 saturated heterocycles. The molecule has 0 bridgehead atoms. The van der Waals surface area contributed by atoms with Gasteiger partial charge in [0.25, 0.3) is 0 Å². The number of thiophene rings is 1. The zero-order valence-electron chi connectivity index (χ0n) is 12.0. The van der Waals surface area contributed by atoms with Gasteiger partial charge >= 0.3 is 0 Å². The Morgan fingerprint density at radius 3 is 3.10 bits per heavy atom. The molecule has 4 heterocycles. The first kappa shape index (κ1) is 15.0. The van der Waals surface area contributed by atoms with Gasteiger partial charge in [0.2, 0.25) is 0 Å². The average molecular weight is 325 g/mol. The zero-order chi connectivity index (χ0) is 13.4. The maximum absolute atomic E-state index is 4.25. The lowest BCUT2D eigenvalue weighted by molar-refractivity contribution is 0.269. The Hall–Kier alpha value is -0.880. The Morgan fingerprint density at radius 1 is 1.38 bits per heavy atom. The number of aromatic amines is 1. The first-order chi connectivity index (χ1) is 9.85. The van der Waals surface area contributed by atoms with E-state index < -0.39 is 0 Å². The molecule has 0 radical (unpaired) electrons. The minimum Gasteiger partial charge on any atom is -0.316 e. The highest BCUT2D eigenvalue weighted by Crippen LogP contribution is 2.37. The van der Waals surface area contributed by atoms with Gasteiger partial charge in [0.1, 0.15) is 0 Å². The number of hydrogen-bond acceptors (Lipinski definition) is 4. The van der Waals surface area contributed by atoms with Crippen molar-refractivity contribution in [2.24, 2.45) is 5.41 Å². The van der Waals surface area contributed by atoms with Gasteiger partial charge in [0, 0.05) is 36.1 Å². The summed E-state index contributed by atoms with van der Waals surface area (Å²) in [5.41, 5.74) is 4.33. The highest BCUT2D eigenvalue weighted by atomic mass is 35.5. The van der Waals surface area contributed by atoms with Gasteiger partial charge in [-0.3, -0.25) is 10.00 Å². The summed E-state index contributed by atoms with van der Waals surface area (Å²) in [6.45, 7) is 5.86. The van der Waals surface area contributed by atoms with E-state index in [9.17, 15) is 0 Å². The van der Waals surface area contributed by atoms with Crippen LogP contribution in [-0.4, -0.2) is 41.3 Å². The lowest BCUT2D eigenvalue weighted by Gasteiger charge is -2.22. The van der Waals surface area contributed by atoms with Gasteiger partial charge in [-0.2, -0.15) is 16.4 Å². The van der Waals surface area contributed by atoms with Crippen LogP contribution in [0.3, 0.4) is 0 Å². The third-order valence-corrected chi connectivity index (χ3v) is 5.45. The quantitative estimate of drug-likeness (QED) is 0.912. The molecule has 2 aliphatic heterocycles. The topological polar surface area (TPSA) is 44.0 Å². The Bertz CT molecular complexity index is 574. The van der Waals surface area contributed by atoms with Crippen molar-refractivity contribution in [3.63, 3.8) is 0 Å². The van der Waals surface area contributed by atoms with E-state index in [1.54, 1.807) is 11.3 Å². The van der Waals surface area contributed by atoms with Crippen molar-refractivity contribution in [2.45, 2.75) is 19.4 Å². The van der Waals surface area contributed by atoms with Gasteiger partial charge in [0.05, 0.1) is 11.9 Å². The fraction of sp³-hybridized carbons (Fsp3) is 0.533. The molecular formula is C15H21ClN4S. The molecule has 4 nitrogen and oxygen atoms in total. The van der Waals surface area contributed by atoms with E-state index in [-0.39, 0.29) is 12.4 Å². The van der Waals surface area contributed by atoms with Crippen LogP contribution in [0, 0.1) is 5.41 Å². The summed E-state index contributed by atoms with van der Waals surface area (Å²) in [6.07, 6.45) is 4.67. The fourth-order valence-corrected chi connectivity index (χ4v) is 4.28. The Labute approximate surface area is 135 Å². The van der Waals surface area contributed by atoms with Gasteiger partial charge in [-0.25, -0.2) is 0 Å². The standard InChI is InChI=1S/C15H20N4S.ClH/c1-6-20-9-12(1)14-13(7-17-18-14)8-19-5-3-15(11-19)2-4-16-10-15;/h1,6-7,9,16H,2-5,8,10-11H2,(H,17,18);1H. The lowest BCUT2D eigenvalue weighted by Crippen LogP contribution is -2.28. The second kappa shape index (κ2) is 6.08. The molecule has 1 atom stereocenters. The van der Waals surface area contributed by atoms with E-state index in [0.29, 0.717) is 5.41 Å². The molecule has 2 aliphatic rings. The fourth-order valence-electron chi connectivity index (χ4n) is 3.64. The number of H-pyrrole nitrogens is 1. The molecule has 114 valence electrons. The predicted molar refractivity (Wildman–Crippen MR) is 89.0 cm³/mol. The van der Waals surface area contributed by atoms with E-state index in [4.69, 9.17) is 0 Å². The minimum absolute atomic E-state index is 0. The smallest absolute Gasteiger partial charge is 0.0703 e. The molecule has 2 fully saturated rings. The van der Waals surface area contributed by atoms with Gasteiger partial charge in [0.15, 0.2) is 0 Å². The van der Waals surface area contributed by atoms with Crippen LogP contribution in [0.4, 0.5) is 0 Å². The predicted octanol–water partition coefficient (Wildman–Crippen LogP) is 2.75. The summed E-state index contributed by atoms with van der Waals surface area (Å²) in [5.74, 6) is 0. The second-order valence-corrected chi connectivity index (χ2v) is 6.95. The summed E-state index contributed by atoms with van der Waals surface area (Å²) in [5, 5.41) is 15.2.